The summed E-state index contributed by atoms with van der Waals surface area (Å²) in [4.78, 5) is 14.4. The predicted molar refractivity (Wildman–Crippen MR) is 86.2 cm³/mol. The van der Waals surface area contributed by atoms with E-state index < -0.39 is 5.60 Å². The molecule has 0 saturated heterocycles. The molecule has 2 rings (SSSR count). The molecule has 3 nitrogen and oxygen atoms in total. The lowest BCUT2D eigenvalue weighted by atomic mass is 9.68. The van der Waals surface area contributed by atoms with Crippen LogP contribution in [0.3, 0.4) is 0 Å². The maximum atomic E-state index is 12.2. The lowest BCUT2D eigenvalue weighted by Crippen LogP contribution is -2.44. The van der Waals surface area contributed by atoms with Crippen LogP contribution >= 0.6 is 0 Å². The molecule has 0 aromatic rings. The van der Waals surface area contributed by atoms with E-state index in [9.17, 15) is 9.90 Å². The van der Waals surface area contributed by atoms with Gasteiger partial charge >= 0.3 is 0 Å². The van der Waals surface area contributed by atoms with Gasteiger partial charge in [0, 0.05) is 25.4 Å². The molecule has 3 heteroatoms. The van der Waals surface area contributed by atoms with E-state index in [1.165, 1.54) is 0 Å². The van der Waals surface area contributed by atoms with Crippen LogP contribution in [0.4, 0.5) is 0 Å². The van der Waals surface area contributed by atoms with Crippen molar-refractivity contribution >= 4 is 5.78 Å². The van der Waals surface area contributed by atoms with Gasteiger partial charge in [0.25, 0.3) is 0 Å². The minimum absolute atomic E-state index is 0.165. The molecule has 0 aliphatic heterocycles. The second-order valence-corrected chi connectivity index (χ2v) is 8.63. The Bertz CT molecular complexity index is 366. The number of nitrogens with zero attached hydrogens (tertiary/aromatic N) is 1. The van der Waals surface area contributed by atoms with Gasteiger partial charge < -0.3 is 10.0 Å². The van der Waals surface area contributed by atoms with Crippen LogP contribution < -0.4 is 0 Å². The summed E-state index contributed by atoms with van der Waals surface area (Å²) in [5.74, 6) is 1.24. The molecule has 0 aromatic heterocycles. The molecule has 0 bridgehead atoms. The van der Waals surface area contributed by atoms with Crippen molar-refractivity contribution in [3.63, 3.8) is 0 Å². The smallest absolute Gasteiger partial charge is 0.137 e. The van der Waals surface area contributed by atoms with Crippen LogP contribution in [0.5, 0.6) is 0 Å². The molecule has 2 fully saturated rings. The van der Waals surface area contributed by atoms with Crippen molar-refractivity contribution in [2.75, 3.05) is 20.1 Å². The molecule has 2 unspecified atom stereocenters. The van der Waals surface area contributed by atoms with Crippen molar-refractivity contribution in [3.05, 3.63) is 0 Å². The molecule has 122 valence electrons. The average molecular weight is 295 g/mol. The van der Waals surface area contributed by atoms with Crippen LogP contribution in [-0.2, 0) is 4.79 Å². The fourth-order valence-corrected chi connectivity index (χ4v) is 4.21. The van der Waals surface area contributed by atoms with E-state index in [4.69, 9.17) is 0 Å². The van der Waals surface area contributed by atoms with Gasteiger partial charge in [0.05, 0.1) is 5.60 Å². The van der Waals surface area contributed by atoms with Crippen LogP contribution in [0, 0.1) is 17.3 Å². The molecule has 0 spiro atoms. The number of hydrogen-bond donors (Lipinski definition) is 1. The lowest BCUT2D eigenvalue weighted by molar-refractivity contribution is -0.127. The number of likely N-dealkylation sites (N-methyl/N-ethyl adjacent to an activating group) is 1. The van der Waals surface area contributed by atoms with Crippen LogP contribution in [0.2, 0.25) is 0 Å². The van der Waals surface area contributed by atoms with Gasteiger partial charge in [-0.1, -0.05) is 33.6 Å². The first-order valence-corrected chi connectivity index (χ1v) is 8.63. The topological polar surface area (TPSA) is 40.5 Å². The van der Waals surface area contributed by atoms with Gasteiger partial charge in [-0.2, -0.15) is 0 Å². The van der Waals surface area contributed by atoms with Crippen LogP contribution in [0.1, 0.15) is 65.7 Å². The minimum atomic E-state index is -0.504. The molecule has 0 aromatic carbocycles. The quantitative estimate of drug-likeness (QED) is 0.865. The zero-order chi connectivity index (χ0) is 15.7. The molecule has 2 aliphatic rings. The minimum Gasteiger partial charge on any atom is -0.389 e. The standard InChI is InChI=1S/C18H33NO2/c1-17(2,3)15-7-8-16(20)14(11-15)12-19(4)13-18(21)9-5-6-10-18/h14-15,21H,5-13H2,1-4H3. The first-order chi connectivity index (χ1) is 9.70. The summed E-state index contributed by atoms with van der Waals surface area (Å²) in [6, 6.07) is 0. The van der Waals surface area contributed by atoms with Gasteiger partial charge in [0.2, 0.25) is 0 Å². The maximum absolute atomic E-state index is 12.2. The largest absolute Gasteiger partial charge is 0.389 e. The van der Waals surface area contributed by atoms with Gasteiger partial charge in [0.1, 0.15) is 5.78 Å². The third-order valence-electron chi connectivity index (χ3n) is 5.62. The Morgan fingerprint density at radius 3 is 2.48 bits per heavy atom. The first kappa shape index (κ1) is 17.0. The highest BCUT2D eigenvalue weighted by Gasteiger charge is 2.37. The fourth-order valence-electron chi connectivity index (χ4n) is 4.21. The number of rotatable bonds is 4. The molecule has 0 amide bonds. The summed E-state index contributed by atoms with van der Waals surface area (Å²) in [6.45, 7) is 8.39. The zero-order valence-electron chi connectivity index (χ0n) is 14.3. The van der Waals surface area contributed by atoms with Crippen molar-refractivity contribution in [2.45, 2.75) is 71.3 Å². The van der Waals surface area contributed by atoms with Gasteiger partial charge in [0.15, 0.2) is 0 Å². The number of Topliss-reactive ketones (excluding diaryl/α,β-unsaturated/α-hetero) is 1. The molecule has 21 heavy (non-hydrogen) atoms. The van der Waals surface area contributed by atoms with Crippen molar-refractivity contribution in [2.24, 2.45) is 17.3 Å². The normalized spacial score (nSPS) is 30.1. The molecule has 0 heterocycles. The summed E-state index contributed by atoms with van der Waals surface area (Å²) < 4.78 is 0. The Morgan fingerprint density at radius 2 is 1.90 bits per heavy atom. The average Bonchev–Trinajstić information content (AvgIpc) is 2.77. The van der Waals surface area contributed by atoms with Crippen molar-refractivity contribution in [1.29, 1.82) is 0 Å². The third kappa shape index (κ3) is 4.53. The van der Waals surface area contributed by atoms with E-state index in [1.807, 2.05) is 0 Å². The summed E-state index contributed by atoms with van der Waals surface area (Å²) in [5, 5.41) is 10.5. The highest BCUT2D eigenvalue weighted by molar-refractivity contribution is 5.82. The van der Waals surface area contributed by atoms with Gasteiger partial charge in [-0.15, -0.1) is 0 Å². The van der Waals surface area contributed by atoms with Gasteiger partial charge in [-0.3, -0.25) is 4.79 Å². The van der Waals surface area contributed by atoms with E-state index in [1.54, 1.807) is 0 Å². The Morgan fingerprint density at radius 1 is 1.29 bits per heavy atom. The third-order valence-corrected chi connectivity index (χ3v) is 5.62. The number of carbonyl (C=O) groups is 1. The monoisotopic (exact) mass is 295 g/mol. The summed E-state index contributed by atoms with van der Waals surface area (Å²) in [5.41, 5.74) is -0.211. The molecule has 2 aliphatic carbocycles. The van der Waals surface area contributed by atoms with Crippen LogP contribution in [0.15, 0.2) is 0 Å². The van der Waals surface area contributed by atoms with E-state index >= 15 is 0 Å². The van der Waals surface area contributed by atoms with E-state index in [2.05, 4.69) is 32.7 Å². The Labute approximate surface area is 130 Å². The molecule has 1 N–H and O–H groups in total. The number of ketones is 1. The Hall–Kier alpha value is -0.410. The van der Waals surface area contributed by atoms with Gasteiger partial charge in [-0.25, -0.2) is 0 Å². The second kappa shape index (κ2) is 6.37. The SMILES string of the molecule is CN(CC1CC(C(C)(C)C)CCC1=O)CC1(O)CCCC1. The molecular weight excluding hydrogens is 262 g/mol. The highest BCUT2D eigenvalue weighted by Crippen LogP contribution is 2.39. The van der Waals surface area contributed by atoms with Crippen molar-refractivity contribution in [1.82, 2.24) is 4.90 Å². The van der Waals surface area contributed by atoms with Crippen LogP contribution in [-0.4, -0.2) is 41.5 Å². The van der Waals surface area contributed by atoms with E-state index in [-0.39, 0.29) is 5.92 Å². The molecular formula is C18H33NO2. The number of hydrogen-bond acceptors (Lipinski definition) is 3. The predicted octanol–water partition coefficient (Wildman–Crippen LogP) is 3.25. The summed E-state index contributed by atoms with van der Waals surface area (Å²) in [7, 11) is 2.06. The maximum Gasteiger partial charge on any atom is 0.137 e. The molecule has 2 saturated carbocycles. The van der Waals surface area contributed by atoms with Gasteiger partial charge in [-0.05, 0) is 44.1 Å². The zero-order valence-corrected chi connectivity index (χ0v) is 14.3. The Kier molecular flexibility index (Phi) is 5.15. The Balaban J connectivity index is 1.89. The lowest BCUT2D eigenvalue weighted by Gasteiger charge is -2.39. The highest BCUT2D eigenvalue weighted by atomic mass is 16.3. The summed E-state index contributed by atoms with van der Waals surface area (Å²) >= 11 is 0. The molecule has 0 radical (unpaired) electrons. The van der Waals surface area contributed by atoms with E-state index in [0.717, 1.165) is 58.0 Å². The number of aliphatic hydroxyl groups is 1. The van der Waals surface area contributed by atoms with Crippen molar-refractivity contribution in [3.8, 4) is 0 Å². The van der Waals surface area contributed by atoms with Crippen LogP contribution in [0.25, 0.3) is 0 Å². The summed E-state index contributed by atoms with van der Waals surface area (Å²) in [6.07, 6.45) is 6.92. The number of carbonyl (C=O) groups excluding carboxylic acids is 1. The van der Waals surface area contributed by atoms with Crippen molar-refractivity contribution < 1.29 is 9.90 Å². The second-order valence-electron chi connectivity index (χ2n) is 8.63. The fraction of sp³-hybridized carbons (Fsp3) is 0.944. The first-order valence-electron chi connectivity index (χ1n) is 8.63. The van der Waals surface area contributed by atoms with E-state index in [0.29, 0.717) is 17.1 Å². The molecule has 2 atom stereocenters.